The number of fused-ring (bicyclic) bond motifs is 3. The number of allylic oxidation sites excluding steroid dienone is 7. The SMILES string of the molecule is C=C/C=C(\C=C/C)c1ccc(O)c2c1CC1CC3CC(O)=C(C(N)=O)C(=O)[C@@]3(OC)C(O)=C1C2=O. The number of aromatic hydroxyl groups is 1. The maximum atomic E-state index is 13.7. The van der Waals surface area contributed by atoms with Gasteiger partial charge in [-0.05, 0) is 48.4 Å². The molecule has 0 aromatic heterocycles. The van der Waals surface area contributed by atoms with Gasteiger partial charge in [0.2, 0.25) is 5.78 Å². The number of hydrogen-bond donors (Lipinski definition) is 4. The van der Waals surface area contributed by atoms with Gasteiger partial charge in [0.1, 0.15) is 22.8 Å². The zero-order chi connectivity index (χ0) is 25.7. The van der Waals surface area contributed by atoms with Gasteiger partial charge in [0.25, 0.3) is 5.91 Å². The van der Waals surface area contributed by atoms with Gasteiger partial charge in [-0.15, -0.1) is 0 Å². The van der Waals surface area contributed by atoms with E-state index in [2.05, 4.69) is 6.58 Å². The number of phenolic OH excluding ortho intramolecular Hbond substituents is 1. The molecule has 1 aromatic rings. The fraction of sp³-hybridized carbons (Fsp3) is 0.296. The highest BCUT2D eigenvalue weighted by Crippen LogP contribution is 2.53. The first-order chi connectivity index (χ1) is 16.6. The third-order valence-corrected chi connectivity index (χ3v) is 7.19. The third kappa shape index (κ3) is 3.36. The van der Waals surface area contributed by atoms with E-state index in [0.29, 0.717) is 12.0 Å². The average molecular weight is 478 g/mol. The molecule has 8 nitrogen and oxygen atoms in total. The fourth-order valence-corrected chi connectivity index (χ4v) is 5.77. The van der Waals surface area contributed by atoms with Crippen molar-refractivity contribution in [2.75, 3.05) is 7.11 Å². The lowest BCUT2D eigenvalue weighted by Gasteiger charge is -2.47. The Morgan fingerprint density at radius 2 is 1.94 bits per heavy atom. The van der Waals surface area contributed by atoms with Gasteiger partial charge in [0.15, 0.2) is 11.4 Å². The van der Waals surface area contributed by atoms with Crippen LogP contribution >= 0.6 is 0 Å². The molecule has 0 saturated heterocycles. The summed E-state index contributed by atoms with van der Waals surface area (Å²) in [6.07, 6.45) is 7.54. The third-order valence-electron chi connectivity index (χ3n) is 7.19. The summed E-state index contributed by atoms with van der Waals surface area (Å²) in [5.41, 5.74) is 4.80. The second-order valence-corrected chi connectivity index (χ2v) is 8.93. The van der Waals surface area contributed by atoms with E-state index < -0.39 is 52.0 Å². The highest BCUT2D eigenvalue weighted by atomic mass is 16.5. The number of aliphatic hydroxyl groups excluding tert-OH is 2. The number of ketones is 2. The monoisotopic (exact) mass is 477 g/mol. The van der Waals surface area contributed by atoms with Crippen LogP contribution in [0.3, 0.4) is 0 Å². The van der Waals surface area contributed by atoms with Crippen molar-refractivity contribution in [3.63, 3.8) is 0 Å². The Morgan fingerprint density at radius 3 is 2.54 bits per heavy atom. The number of carbonyl (C=O) groups is 3. The second-order valence-electron chi connectivity index (χ2n) is 8.93. The lowest BCUT2D eigenvalue weighted by molar-refractivity contribution is -0.149. The summed E-state index contributed by atoms with van der Waals surface area (Å²) < 4.78 is 5.52. The molecule has 1 aromatic carbocycles. The number of amides is 1. The molecular weight excluding hydrogens is 450 g/mol. The molecule has 35 heavy (non-hydrogen) atoms. The summed E-state index contributed by atoms with van der Waals surface area (Å²) >= 11 is 0. The molecule has 3 aliphatic rings. The van der Waals surface area contributed by atoms with E-state index in [-0.39, 0.29) is 29.7 Å². The van der Waals surface area contributed by atoms with Crippen molar-refractivity contribution in [1.29, 1.82) is 0 Å². The number of nitrogens with two attached hydrogens (primary N) is 1. The largest absolute Gasteiger partial charge is 0.511 e. The molecule has 0 aliphatic heterocycles. The normalized spacial score (nSPS) is 26.5. The number of aliphatic hydroxyl groups is 2. The number of carbonyl (C=O) groups excluding carboxylic acids is 3. The maximum absolute atomic E-state index is 13.7. The van der Waals surface area contributed by atoms with Crippen molar-refractivity contribution in [1.82, 2.24) is 0 Å². The Hall–Kier alpha value is -3.91. The Balaban J connectivity index is 1.95. The molecule has 4 rings (SSSR count). The van der Waals surface area contributed by atoms with Gasteiger partial charge in [-0.1, -0.05) is 36.9 Å². The molecule has 3 aliphatic carbocycles. The highest BCUT2D eigenvalue weighted by molar-refractivity contribution is 6.24. The predicted octanol–water partition coefficient (Wildman–Crippen LogP) is 3.38. The standard InChI is InChI=1S/C27H27NO7/c1-4-6-13(7-5-2)16-8-9-18(29)21-17(16)11-14-10-15-12-19(30)22(26(28)34)25(33)27(15,35-3)24(32)20(14)23(21)31/h4-9,14-15,29-30,32H,1,10-12H2,2-3H3,(H2,28,34)/b7-5-,13-6+/t14?,15?,27-/m0/s1. The Bertz CT molecular complexity index is 1300. The van der Waals surface area contributed by atoms with Gasteiger partial charge in [-0.25, -0.2) is 0 Å². The van der Waals surface area contributed by atoms with Crippen molar-refractivity contribution in [3.05, 3.63) is 82.4 Å². The second kappa shape index (κ2) is 8.70. The average Bonchev–Trinajstić information content (AvgIpc) is 2.79. The molecule has 5 N–H and O–H groups in total. The minimum absolute atomic E-state index is 0.0399. The quantitative estimate of drug-likeness (QED) is 0.375. The number of phenols is 1. The lowest BCUT2D eigenvalue weighted by Crippen LogP contribution is -2.58. The van der Waals surface area contributed by atoms with E-state index in [9.17, 15) is 29.7 Å². The van der Waals surface area contributed by atoms with Gasteiger partial charge in [-0.3, -0.25) is 14.4 Å². The van der Waals surface area contributed by atoms with Crippen molar-refractivity contribution < 1.29 is 34.4 Å². The van der Waals surface area contributed by atoms with E-state index in [1.807, 2.05) is 19.1 Å². The fourth-order valence-electron chi connectivity index (χ4n) is 5.77. The van der Waals surface area contributed by atoms with Crippen LogP contribution in [0.5, 0.6) is 5.75 Å². The van der Waals surface area contributed by atoms with E-state index in [0.717, 1.165) is 11.1 Å². The first-order valence-corrected chi connectivity index (χ1v) is 11.2. The van der Waals surface area contributed by atoms with Gasteiger partial charge >= 0.3 is 0 Å². The van der Waals surface area contributed by atoms with E-state index in [1.165, 1.54) is 13.2 Å². The summed E-state index contributed by atoms with van der Waals surface area (Å²) in [6, 6.07) is 3.14. The molecule has 3 atom stereocenters. The molecule has 0 saturated carbocycles. The molecule has 2 unspecified atom stereocenters. The van der Waals surface area contributed by atoms with Crippen LogP contribution in [-0.2, 0) is 20.7 Å². The summed E-state index contributed by atoms with van der Waals surface area (Å²) in [4.78, 5) is 39.0. The molecule has 0 fully saturated rings. The van der Waals surface area contributed by atoms with Crippen molar-refractivity contribution in [2.45, 2.75) is 31.8 Å². The smallest absolute Gasteiger partial charge is 0.255 e. The van der Waals surface area contributed by atoms with Crippen LogP contribution in [0.25, 0.3) is 5.57 Å². The predicted molar refractivity (Wildman–Crippen MR) is 129 cm³/mol. The lowest BCUT2D eigenvalue weighted by atomic mass is 9.60. The first-order valence-electron chi connectivity index (χ1n) is 11.2. The molecule has 0 heterocycles. The molecule has 8 heteroatoms. The van der Waals surface area contributed by atoms with Crippen LogP contribution in [0.15, 0.2) is 65.7 Å². The molecular formula is C27H27NO7. The molecule has 0 radical (unpaired) electrons. The maximum Gasteiger partial charge on any atom is 0.255 e. The molecule has 1 amide bonds. The number of ether oxygens (including phenoxy) is 1. The van der Waals surface area contributed by atoms with Gasteiger partial charge < -0.3 is 25.8 Å². The topological polar surface area (TPSA) is 147 Å². The van der Waals surface area contributed by atoms with Crippen LogP contribution in [0, 0.1) is 11.8 Å². The van der Waals surface area contributed by atoms with Gasteiger partial charge in [0, 0.05) is 25.0 Å². The van der Waals surface area contributed by atoms with Gasteiger partial charge in [0.05, 0.1) is 5.56 Å². The number of Topliss-reactive ketones (excluding diaryl/α,β-unsaturated/α-hetero) is 2. The summed E-state index contributed by atoms with van der Waals surface area (Å²) in [6.45, 7) is 5.61. The number of methoxy groups -OCH3 is 1. The van der Waals surface area contributed by atoms with Crippen LogP contribution in [-0.4, -0.2) is 45.5 Å². The zero-order valence-corrected chi connectivity index (χ0v) is 19.5. The molecule has 0 spiro atoms. The number of primary amides is 1. The summed E-state index contributed by atoms with van der Waals surface area (Å²) in [5, 5.41) is 32.4. The van der Waals surface area contributed by atoms with Crippen molar-refractivity contribution in [3.8, 4) is 5.75 Å². The summed E-state index contributed by atoms with van der Waals surface area (Å²) in [7, 11) is 1.20. The van der Waals surface area contributed by atoms with Gasteiger partial charge in [-0.2, -0.15) is 0 Å². The highest BCUT2D eigenvalue weighted by Gasteiger charge is 2.61. The number of hydrogen-bond acceptors (Lipinski definition) is 7. The zero-order valence-electron chi connectivity index (χ0n) is 19.5. The van der Waals surface area contributed by atoms with Crippen LogP contribution in [0.1, 0.15) is 41.3 Å². The van der Waals surface area contributed by atoms with Crippen LogP contribution in [0.2, 0.25) is 0 Å². The minimum Gasteiger partial charge on any atom is -0.511 e. The molecule has 0 bridgehead atoms. The Morgan fingerprint density at radius 1 is 1.23 bits per heavy atom. The molecule has 182 valence electrons. The summed E-state index contributed by atoms with van der Waals surface area (Å²) in [5.74, 6) is -5.28. The number of benzene rings is 1. The van der Waals surface area contributed by atoms with Crippen LogP contribution < -0.4 is 5.73 Å². The Labute approximate surface area is 202 Å². The van der Waals surface area contributed by atoms with Crippen molar-refractivity contribution >= 4 is 23.0 Å². The minimum atomic E-state index is -2.03. The Kier molecular flexibility index (Phi) is 6.02. The van der Waals surface area contributed by atoms with E-state index >= 15 is 0 Å². The van der Waals surface area contributed by atoms with E-state index in [1.54, 1.807) is 18.2 Å². The van der Waals surface area contributed by atoms with E-state index in [4.69, 9.17) is 10.5 Å². The van der Waals surface area contributed by atoms with Crippen LogP contribution in [0.4, 0.5) is 0 Å². The first kappa shape index (κ1) is 24.2. The van der Waals surface area contributed by atoms with Crippen molar-refractivity contribution in [2.24, 2.45) is 17.6 Å². The number of rotatable bonds is 5.